The molecule has 1 aliphatic heterocycles. The zero-order valence-electron chi connectivity index (χ0n) is 12.2. The molecule has 0 aromatic heterocycles. The van der Waals surface area contributed by atoms with Crippen molar-refractivity contribution in [1.29, 1.82) is 0 Å². The van der Waals surface area contributed by atoms with Crippen molar-refractivity contribution < 1.29 is 9.59 Å². The van der Waals surface area contributed by atoms with Crippen LogP contribution < -0.4 is 16.4 Å². The van der Waals surface area contributed by atoms with Crippen molar-refractivity contribution in [3.05, 3.63) is 35.9 Å². The standard InChI is InChI=1S/C15H22N4O2/c1-11(12-5-3-2-4-6-12)9-18-14(20)13-10-19(15(16)21)8-7-17-13/h2-6,11,13,17H,7-10H2,1H3,(H2,16,21)(H,18,20). The van der Waals surface area contributed by atoms with Crippen LogP contribution in [0.1, 0.15) is 18.4 Å². The minimum absolute atomic E-state index is 0.0938. The summed E-state index contributed by atoms with van der Waals surface area (Å²) in [6.07, 6.45) is 0. The molecule has 2 rings (SSSR count). The summed E-state index contributed by atoms with van der Waals surface area (Å²) < 4.78 is 0. The monoisotopic (exact) mass is 290 g/mol. The van der Waals surface area contributed by atoms with Gasteiger partial charge in [0.25, 0.3) is 0 Å². The highest BCUT2D eigenvalue weighted by Gasteiger charge is 2.26. The first-order valence-electron chi connectivity index (χ1n) is 7.18. The summed E-state index contributed by atoms with van der Waals surface area (Å²) in [5.41, 5.74) is 6.44. The number of amides is 3. The Labute approximate surface area is 124 Å². The smallest absolute Gasteiger partial charge is 0.314 e. The van der Waals surface area contributed by atoms with Crippen LogP contribution in [0.2, 0.25) is 0 Å². The second kappa shape index (κ2) is 7.08. The molecule has 1 fully saturated rings. The van der Waals surface area contributed by atoms with Crippen molar-refractivity contribution in [2.45, 2.75) is 18.9 Å². The van der Waals surface area contributed by atoms with Crippen LogP contribution in [-0.4, -0.2) is 49.1 Å². The van der Waals surface area contributed by atoms with E-state index in [4.69, 9.17) is 5.73 Å². The molecule has 0 radical (unpaired) electrons. The van der Waals surface area contributed by atoms with Crippen molar-refractivity contribution in [2.24, 2.45) is 5.73 Å². The van der Waals surface area contributed by atoms with Crippen molar-refractivity contribution in [3.63, 3.8) is 0 Å². The lowest BCUT2D eigenvalue weighted by atomic mass is 10.0. The molecule has 6 nitrogen and oxygen atoms in total. The van der Waals surface area contributed by atoms with Gasteiger partial charge in [-0.1, -0.05) is 37.3 Å². The van der Waals surface area contributed by atoms with Crippen molar-refractivity contribution in [3.8, 4) is 0 Å². The molecule has 4 N–H and O–H groups in total. The van der Waals surface area contributed by atoms with Gasteiger partial charge >= 0.3 is 6.03 Å². The number of rotatable bonds is 4. The van der Waals surface area contributed by atoms with Crippen LogP contribution in [-0.2, 0) is 4.79 Å². The number of nitrogens with two attached hydrogens (primary N) is 1. The summed E-state index contributed by atoms with van der Waals surface area (Å²) >= 11 is 0. The molecule has 0 spiro atoms. The van der Waals surface area contributed by atoms with Crippen LogP contribution >= 0.6 is 0 Å². The maximum absolute atomic E-state index is 12.1. The minimum atomic E-state index is -0.480. The first-order chi connectivity index (χ1) is 10.1. The van der Waals surface area contributed by atoms with Crippen molar-refractivity contribution in [2.75, 3.05) is 26.2 Å². The molecule has 2 unspecified atom stereocenters. The van der Waals surface area contributed by atoms with Gasteiger partial charge in [0, 0.05) is 26.2 Å². The summed E-state index contributed by atoms with van der Waals surface area (Å²) in [5.74, 6) is 0.148. The van der Waals surface area contributed by atoms with Crippen molar-refractivity contribution in [1.82, 2.24) is 15.5 Å². The zero-order valence-corrected chi connectivity index (χ0v) is 12.2. The summed E-state index contributed by atoms with van der Waals surface area (Å²) in [6.45, 7) is 4.08. The molecule has 6 heteroatoms. The number of benzene rings is 1. The summed E-state index contributed by atoms with van der Waals surface area (Å²) in [7, 11) is 0. The molecule has 21 heavy (non-hydrogen) atoms. The predicted octanol–water partition coefficient (Wildman–Crippen LogP) is 0.259. The van der Waals surface area contributed by atoms with Gasteiger partial charge in [0.1, 0.15) is 6.04 Å². The maximum atomic E-state index is 12.1. The zero-order chi connectivity index (χ0) is 15.2. The lowest BCUT2D eigenvalue weighted by Gasteiger charge is -2.31. The summed E-state index contributed by atoms with van der Waals surface area (Å²) in [5, 5.41) is 6.04. The van der Waals surface area contributed by atoms with Crippen LogP contribution in [0, 0.1) is 0 Å². The molecule has 1 aromatic carbocycles. The van der Waals surface area contributed by atoms with E-state index in [2.05, 4.69) is 17.6 Å². The Balaban J connectivity index is 1.83. The predicted molar refractivity (Wildman–Crippen MR) is 80.8 cm³/mol. The van der Waals surface area contributed by atoms with E-state index in [-0.39, 0.29) is 11.8 Å². The Hall–Kier alpha value is -2.08. The Morgan fingerprint density at radius 3 is 2.81 bits per heavy atom. The van der Waals surface area contributed by atoms with E-state index >= 15 is 0 Å². The van der Waals surface area contributed by atoms with Gasteiger partial charge < -0.3 is 21.3 Å². The van der Waals surface area contributed by atoms with E-state index in [1.54, 1.807) is 0 Å². The molecule has 3 amide bonds. The quantitative estimate of drug-likeness (QED) is 0.743. The van der Waals surface area contributed by atoms with Crippen LogP contribution in [0.15, 0.2) is 30.3 Å². The highest BCUT2D eigenvalue weighted by Crippen LogP contribution is 2.13. The van der Waals surface area contributed by atoms with E-state index in [1.807, 2.05) is 30.3 Å². The van der Waals surface area contributed by atoms with Gasteiger partial charge in [0.05, 0.1) is 0 Å². The molecule has 1 aliphatic rings. The molecule has 114 valence electrons. The van der Waals surface area contributed by atoms with Crippen LogP contribution in [0.4, 0.5) is 4.79 Å². The van der Waals surface area contributed by atoms with E-state index in [1.165, 1.54) is 10.5 Å². The molecule has 0 saturated carbocycles. The van der Waals surface area contributed by atoms with E-state index in [9.17, 15) is 9.59 Å². The van der Waals surface area contributed by atoms with Gasteiger partial charge in [-0.3, -0.25) is 4.79 Å². The highest BCUT2D eigenvalue weighted by atomic mass is 16.2. The number of piperazine rings is 1. The van der Waals surface area contributed by atoms with Gasteiger partial charge in [-0.2, -0.15) is 0 Å². The van der Waals surface area contributed by atoms with Gasteiger partial charge in [0.15, 0.2) is 0 Å². The number of nitrogens with one attached hydrogen (secondary N) is 2. The lowest BCUT2D eigenvalue weighted by Crippen LogP contribution is -2.59. The highest BCUT2D eigenvalue weighted by molar-refractivity contribution is 5.83. The number of hydrogen-bond donors (Lipinski definition) is 3. The van der Waals surface area contributed by atoms with Crippen LogP contribution in [0.25, 0.3) is 0 Å². The molecule has 1 aromatic rings. The summed E-state index contributed by atoms with van der Waals surface area (Å²) in [4.78, 5) is 24.8. The summed E-state index contributed by atoms with van der Waals surface area (Å²) in [6, 6.07) is 9.16. The van der Waals surface area contributed by atoms with Gasteiger partial charge in [-0.15, -0.1) is 0 Å². The average molecular weight is 290 g/mol. The fourth-order valence-corrected chi connectivity index (χ4v) is 2.40. The topological polar surface area (TPSA) is 87.5 Å². The first kappa shape index (κ1) is 15.3. The first-order valence-corrected chi connectivity index (χ1v) is 7.18. The SMILES string of the molecule is CC(CNC(=O)C1CN(C(N)=O)CCN1)c1ccccc1. The molecular weight excluding hydrogens is 268 g/mol. The number of nitrogens with zero attached hydrogens (tertiary/aromatic N) is 1. The number of carbonyl (C=O) groups is 2. The number of hydrogen-bond acceptors (Lipinski definition) is 3. The maximum Gasteiger partial charge on any atom is 0.314 e. The Morgan fingerprint density at radius 2 is 2.14 bits per heavy atom. The van der Waals surface area contributed by atoms with Gasteiger partial charge in [0.2, 0.25) is 5.91 Å². The van der Waals surface area contributed by atoms with E-state index < -0.39 is 12.1 Å². The number of urea groups is 1. The molecule has 0 bridgehead atoms. The lowest BCUT2D eigenvalue weighted by molar-refractivity contribution is -0.123. The third kappa shape index (κ3) is 4.19. The van der Waals surface area contributed by atoms with E-state index in [0.29, 0.717) is 26.2 Å². The molecule has 2 atom stereocenters. The second-order valence-electron chi connectivity index (χ2n) is 5.35. The van der Waals surface area contributed by atoms with Gasteiger partial charge in [-0.25, -0.2) is 4.79 Å². The molecule has 1 heterocycles. The Bertz CT molecular complexity index is 492. The molecule has 0 aliphatic carbocycles. The number of carbonyl (C=O) groups excluding carboxylic acids is 2. The third-order valence-corrected chi connectivity index (χ3v) is 3.75. The van der Waals surface area contributed by atoms with E-state index in [0.717, 1.165) is 0 Å². The second-order valence-corrected chi connectivity index (χ2v) is 5.35. The largest absolute Gasteiger partial charge is 0.354 e. The Morgan fingerprint density at radius 1 is 1.43 bits per heavy atom. The van der Waals surface area contributed by atoms with Crippen molar-refractivity contribution >= 4 is 11.9 Å². The fraction of sp³-hybridized carbons (Fsp3) is 0.467. The van der Waals surface area contributed by atoms with Crippen LogP contribution in [0.3, 0.4) is 0 Å². The molecule has 1 saturated heterocycles. The third-order valence-electron chi connectivity index (χ3n) is 3.75. The Kier molecular flexibility index (Phi) is 5.16. The van der Waals surface area contributed by atoms with Gasteiger partial charge in [-0.05, 0) is 11.5 Å². The normalized spacial score (nSPS) is 19.9. The fourth-order valence-electron chi connectivity index (χ4n) is 2.40. The molecular formula is C15H22N4O2. The average Bonchev–Trinajstić information content (AvgIpc) is 2.53. The minimum Gasteiger partial charge on any atom is -0.354 e. The number of primary amides is 1. The van der Waals surface area contributed by atoms with Crippen LogP contribution in [0.5, 0.6) is 0 Å².